The van der Waals surface area contributed by atoms with Crippen LogP contribution in [-0.4, -0.2) is 9.78 Å². The van der Waals surface area contributed by atoms with Crippen LogP contribution in [0.2, 0.25) is 0 Å². The van der Waals surface area contributed by atoms with Crippen molar-refractivity contribution in [3.8, 4) is 5.69 Å². The highest BCUT2D eigenvalue weighted by molar-refractivity contribution is 5.51. The molecule has 0 bridgehead atoms. The number of aromatic nitrogens is 2. The maximum absolute atomic E-state index is 12.9. The van der Waals surface area contributed by atoms with Gasteiger partial charge in [0.05, 0.1) is 5.69 Å². The lowest BCUT2D eigenvalue weighted by Gasteiger charge is -2.07. The summed E-state index contributed by atoms with van der Waals surface area (Å²) in [7, 11) is 0. The van der Waals surface area contributed by atoms with Crippen LogP contribution in [0.5, 0.6) is 0 Å². The third-order valence-electron chi connectivity index (χ3n) is 2.14. The Morgan fingerprint density at radius 2 is 2.00 bits per heavy atom. The molecule has 78 valence electrons. The fraction of sp³-hybridized carbons (Fsp3) is 0.100. The molecule has 5 heteroatoms. The second-order valence-corrected chi connectivity index (χ2v) is 3.34. The number of hydrogen-bond donors (Lipinski definition) is 2. The minimum Gasteiger partial charge on any atom is -0.384 e. The van der Waals surface area contributed by atoms with Crippen LogP contribution in [0.3, 0.4) is 0 Å². The summed E-state index contributed by atoms with van der Waals surface area (Å²) in [4.78, 5) is 0. The van der Waals surface area contributed by atoms with Crippen LogP contribution in [0, 0.1) is 12.7 Å². The molecule has 1 heterocycles. The van der Waals surface area contributed by atoms with Crippen LogP contribution in [-0.2, 0) is 0 Å². The highest BCUT2D eigenvalue weighted by Gasteiger charge is 2.07. The van der Waals surface area contributed by atoms with Gasteiger partial charge in [0, 0.05) is 6.07 Å². The standard InChI is InChI=1S/C10H11FN4/c1-6-4-7(11)2-3-8(6)15-10(13)5-9(12)14-15/h2-5H,13H2,1H3,(H2,12,14). The Labute approximate surface area is 86.3 Å². The molecule has 0 saturated carbocycles. The lowest BCUT2D eigenvalue weighted by atomic mass is 10.2. The number of hydrogen-bond acceptors (Lipinski definition) is 3. The monoisotopic (exact) mass is 206 g/mol. The number of nitrogens with zero attached hydrogens (tertiary/aromatic N) is 2. The summed E-state index contributed by atoms with van der Waals surface area (Å²) in [5.74, 6) is 0.494. The van der Waals surface area contributed by atoms with E-state index in [0.29, 0.717) is 11.6 Å². The van der Waals surface area contributed by atoms with Crippen molar-refractivity contribution in [1.82, 2.24) is 9.78 Å². The predicted octanol–water partition coefficient (Wildman–Crippen LogP) is 1.48. The molecule has 1 aromatic carbocycles. The Hall–Kier alpha value is -2.04. The first-order valence-corrected chi connectivity index (χ1v) is 4.45. The quantitative estimate of drug-likeness (QED) is 0.742. The molecule has 4 N–H and O–H groups in total. The number of aryl methyl sites for hydroxylation is 1. The highest BCUT2D eigenvalue weighted by atomic mass is 19.1. The average Bonchev–Trinajstić information content (AvgIpc) is 2.45. The summed E-state index contributed by atoms with van der Waals surface area (Å²) < 4.78 is 14.4. The Morgan fingerprint density at radius 1 is 1.27 bits per heavy atom. The van der Waals surface area contributed by atoms with Gasteiger partial charge in [-0.2, -0.15) is 0 Å². The molecule has 1 aromatic heterocycles. The van der Waals surface area contributed by atoms with E-state index in [-0.39, 0.29) is 5.82 Å². The lowest BCUT2D eigenvalue weighted by Crippen LogP contribution is -2.04. The van der Waals surface area contributed by atoms with Crippen LogP contribution < -0.4 is 11.5 Å². The molecule has 0 spiro atoms. The first kappa shape index (κ1) is 9.51. The van der Waals surface area contributed by atoms with Crippen molar-refractivity contribution in [2.45, 2.75) is 6.92 Å². The molecule has 0 unspecified atom stereocenters. The van der Waals surface area contributed by atoms with Crippen LogP contribution in [0.15, 0.2) is 24.3 Å². The zero-order valence-electron chi connectivity index (χ0n) is 8.24. The molecule has 0 radical (unpaired) electrons. The maximum atomic E-state index is 12.9. The van der Waals surface area contributed by atoms with Gasteiger partial charge in [0.25, 0.3) is 0 Å². The van der Waals surface area contributed by atoms with Crippen molar-refractivity contribution >= 4 is 11.6 Å². The number of nitrogens with two attached hydrogens (primary N) is 2. The van der Waals surface area contributed by atoms with Gasteiger partial charge in [-0.1, -0.05) is 0 Å². The Balaban J connectivity index is 2.59. The normalized spacial score (nSPS) is 10.5. The Kier molecular flexibility index (Phi) is 2.07. The highest BCUT2D eigenvalue weighted by Crippen LogP contribution is 2.19. The van der Waals surface area contributed by atoms with E-state index in [2.05, 4.69) is 5.10 Å². The summed E-state index contributed by atoms with van der Waals surface area (Å²) >= 11 is 0. The molecule has 2 aromatic rings. The van der Waals surface area contributed by atoms with Gasteiger partial charge < -0.3 is 11.5 Å². The lowest BCUT2D eigenvalue weighted by molar-refractivity contribution is 0.625. The fourth-order valence-corrected chi connectivity index (χ4v) is 1.46. The predicted molar refractivity (Wildman–Crippen MR) is 57.1 cm³/mol. The van der Waals surface area contributed by atoms with E-state index in [1.54, 1.807) is 19.1 Å². The molecular formula is C10H11FN4. The van der Waals surface area contributed by atoms with Crippen LogP contribution in [0.4, 0.5) is 16.0 Å². The van der Waals surface area contributed by atoms with E-state index in [1.165, 1.54) is 16.8 Å². The van der Waals surface area contributed by atoms with Gasteiger partial charge in [-0.15, -0.1) is 5.10 Å². The first-order valence-electron chi connectivity index (χ1n) is 4.45. The van der Waals surface area contributed by atoms with Gasteiger partial charge in [-0.05, 0) is 30.7 Å². The molecule has 0 aliphatic carbocycles. The number of nitrogen functional groups attached to an aromatic ring is 2. The summed E-state index contributed by atoms with van der Waals surface area (Å²) in [5, 5.41) is 4.02. The van der Waals surface area contributed by atoms with E-state index in [1.807, 2.05) is 0 Å². The molecule has 0 aliphatic rings. The minimum absolute atomic E-state index is 0.282. The third-order valence-corrected chi connectivity index (χ3v) is 2.14. The van der Waals surface area contributed by atoms with Gasteiger partial charge in [0.1, 0.15) is 17.5 Å². The second kappa shape index (κ2) is 3.27. The van der Waals surface area contributed by atoms with Crippen molar-refractivity contribution in [3.63, 3.8) is 0 Å². The van der Waals surface area contributed by atoms with Gasteiger partial charge in [0.2, 0.25) is 0 Å². The average molecular weight is 206 g/mol. The van der Waals surface area contributed by atoms with Gasteiger partial charge in [-0.3, -0.25) is 0 Å². The fourth-order valence-electron chi connectivity index (χ4n) is 1.46. The van der Waals surface area contributed by atoms with E-state index in [9.17, 15) is 4.39 Å². The van der Waals surface area contributed by atoms with E-state index in [0.717, 1.165) is 11.3 Å². The maximum Gasteiger partial charge on any atom is 0.148 e. The Morgan fingerprint density at radius 3 is 2.53 bits per heavy atom. The number of anilines is 2. The van der Waals surface area contributed by atoms with Crippen LogP contribution in [0.1, 0.15) is 5.56 Å². The third kappa shape index (κ3) is 1.63. The van der Waals surface area contributed by atoms with E-state index >= 15 is 0 Å². The number of halogens is 1. The van der Waals surface area contributed by atoms with Crippen molar-refractivity contribution in [3.05, 3.63) is 35.6 Å². The van der Waals surface area contributed by atoms with E-state index in [4.69, 9.17) is 11.5 Å². The van der Waals surface area contributed by atoms with Gasteiger partial charge in [-0.25, -0.2) is 9.07 Å². The van der Waals surface area contributed by atoms with Crippen molar-refractivity contribution in [2.24, 2.45) is 0 Å². The zero-order chi connectivity index (χ0) is 11.0. The number of rotatable bonds is 1. The second-order valence-electron chi connectivity index (χ2n) is 3.34. The molecule has 0 saturated heterocycles. The van der Waals surface area contributed by atoms with Gasteiger partial charge in [0.15, 0.2) is 0 Å². The van der Waals surface area contributed by atoms with Crippen LogP contribution >= 0.6 is 0 Å². The summed E-state index contributed by atoms with van der Waals surface area (Å²) in [6.07, 6.45) is 0. The summed E-state index contributed by atoms with van der Waals surface area (Å²) in [5.41, 5.74) is 12.7. The summed E-state index contributed by atoms with van der Waals surface area (Å²) in [6, 6.07) is 5.96. The van der Waals surface area contributed by atoms with E-state index < -0.39 is 0 Å². The number of benzene rings is 1. The minimum atomic E-state index is -0.282. The SMILES string of the molecule is Cc1cc(F)ccc1-n1nc(N)cc1N. The van der Waals surface area contributed by atoms with Crippen molar-refractivity contribution < 1.29 is 4.39 Å². The molecule has 0 atom stereocenters. The first-order chi connectivity index (χ1) is 7.08. The molecule has 0 fully saturated rings. The molecule has 4 nitrogen and oxygen atoms in total. The molecular weight excluding hydrogens is 195 g/mol. The van der Waals surface area contributed by atoms with Crippen molar-refractivity contribution in [2.75, 3.05) is 11.5 Å². The molecule has 2 rings (SSSR count). The molecule has 0 amide bonds. The topological polar surface area (TPSA) is 69.9 Å². The van der Waals surface area contributed by atoms with Gasteiger partial charge >= 0.3 is 0 Å². The summed E-state index contributed by atoms with van der Waals surface area (Å²) in [6.45, 7) is 1.79. The smallest absolute Gasteiger partial charge is 0.148 e. The largest absolute Gasteiger partial charge is 0.384 e. The molecule has 15 heavy (non-hydrogen) atoms. The zero-order valence-corrected chi connectivity index (χ0v) is 8.24. The Bertz CT molecular complexity index is 504. The molecule has 0 aliphatic heterocycles. The van der Waals surface area contributed by atoms with Crippen molar-refractivity contribution in [1.29, 1.82) is 0 Å². The van der Waals surface area contributed by atoms with Crippen LogP contribution in [0.25, 0.3) is 5.69 Å².